The van der Waals surface area contributed by atoms with Crippen molar-refractivity contribution < 1.29 is 118 Å². The summed E-state index contributed by atoms with van der Waals surface area (Å²) in [6, 6.07) is -1.44. The molecule has 13 rings (SSSR count). The predicted molar refractivity (Wildman–Crippen MR) is 348 cm³/mol. The van der Waals surface area contributed by atoms with Crippen LogP contribution in [0.4, 0.5) is 0 Å². The third kappa shape index (κ3) is 14.4. The van der Waals surface area contributed by atoms with Crippen LogP contribution in [0.2, 0.25) is 10.0 Å². The lowest BCUT2D eigenvalue weighted by molar-refractivity contribution is -0.333. The first-order valence-corrected chi connectivity index (χ1v) is 32.6. The van der Waals surface area contributed by atoms with Crippen molar-refractivity contribution >= 4 is 70.5 Å². The van der Waals surface area contributed by atoms with E-state index in [0.29, 0.717) is 4.90 Å². The number of phenolic OH excluding ortho intramolecular Hbond substituents is 3. The fraction of sp³-hybridized carbons (Fsp3) is 0.424. The maximum atomic E-state index is 16.2. The summed E-state index contributed by atoms with van der Waals surface area (Å²) in [4.78, 5) is 132. The van der Waals surface area contributed by atoms with Gasteiger partial charge in [-0.05, 0) is 103 Å². The minimum atomic E-state index is -2.48. The number of ether oxygens (including phenoxy) is 6. The van der Waals surface area contributed by atoms with E-state index in [1.807, 2.05) is 0 Å². The van der Waals surface area contributed by atoms with Crippen molar-refractivity contribution in [2.45, 2.75) is 156 Å². The Morgan fingerprint density at radius 3 is 2.01 bits per heavy atom. The van der Waals surface area contributed by atoms with Gasteiger partial charge in [0, 0.05) is 41.8 Å². The minimum Gasteiger partial charge on any atom is -0.508 e. The van der Waals surface area contributed by atoms with Crippen LogP contribution >= 0.6 is 23.2 Å². The molecule has 18 atom stereocenters. The van der Waals surface area contributed by atoms with Crippen LogP contribution in [0.1, 0.15) is 105 Å². The van der Waals surface area contributed by atoms with Crippen molar-refractivity contribution in [1.29, 1.82) is 0 Å². The maximum Gasteiger partial charge on any atom is 0.330 e. The quantitative estimate of drug-likeness (QED) is 0.0475. The number of fused-ring (bicyclic) bond motifs is 12. The Balaban J connectivity index is 1.16. The van der Waals surface area contributed by atoms with Crippen LogP contribution in [-0.2, 0) is 52.6 Å². The second-order valence-corrected chi connectivity index (χ2v) is 27.0. The lowest BCUT2D eigenvalue weighted by Gasteiger charge is -2.47. The highest BCUT2D eigenvalue weighted by Crippen LogP contribution is 2.51. The predicted octanol–water partition coefficient (Wildman–Crippen LogP) is 1.27. The Hall–Kier alpha value is -9.56. The van der Waals surface area contributed by atoms with E-state index in [-0.39, 0.29) is 35.4 Å². The number of aliphatic hydroxyl groups excluding tert-OH is 6. The van der Waals surface area contributed by atoms with E-state index in [1.165, 1.54) is 27.0 Å². The first-order chi connectivity index (χ1) is 48.2. The summed E-state index contributed by atoms with van der Waals surface area (Å²) in [7, 11) is 1.19. The summed E-state index contributed by atoms with van der Waals surface area (Å²) in [5.41, 5.74) is 2.07. The number of rotatable bonds is 12. The molecule has 8 aliphatic heterocycles. The minimum absolute atomic E-state index is 0.0230. The average Bonchev–Trinajstić information content (AvgIpc) is 1.15. The normalized spacial score (nSPS) is 29.8. The molecule has 5 aromatic rings. The van der Waals surface area contributed by atoms with Gasteiger partial charge in [0.1, 0.15) is 95.5 Å². The topological polar surface area (TPSA) is 516 Å². The SMILES string of the molecule is CC(C)C[C@H](C(=O)NC1C(=O)N[C@H]2CC(=O)N(C2=O)[C@H]2C(=O)N[C@H]3C(=O)N[C@H](C(=O)N[C@@H](C(=O)O)c4cc(O)cc(O)c4-c4cc3ccc4O)[C@H](O)c3ccc(c(Cl)c3)Oc3cc2cc(c3O[C@H]2O[C@@H](CO)[C@@H](O)[C@@H](O)[C@@H]2O[C@H]2C[C@](C)(N)[C@H](O)[C@H](C)O2)Oc2ccc(cc2Cl)[C@H]1O)N(C)N=O. The van der Waals surface area contributed by atoms with Gasteiger partial charge in [0.15, 0.2) is 29.9 Å². The van der Waals surface area contributed by atoms with E-state index in [2.05, 4.69) is 31.9 Å². The average molecular weight is 1460 g/mol. The highest BCUT2D eigenvalue weighted by atomic mass is 35.5. The molecule has 3 saturated heterocycles. The molecule has 102 heavy (non-hydrogen) atoms. The Morgan fingerprint density at radius 1 is 0.775 bits per heavy atom. The highest BCUT2D eigenvalue weighted by Gasteiger charge is 2.53. The number of phenols is 3. The molecule has 17 N–H and O–H groups in total. The molecule has 0 spiro atoms. The third-order valence-electron chi connectivity index (χ3n) is 18.4. The summed E-state index contributed by atoms with van der Waals surface area (Å²) in [6.07, 6.45) is -18.9. The van der Waals surface area contributed by atoms with Crippen LogP contribution in [0.3, 0.4) is 0 Å². The first-order valence-electron chi connectivity index (χ1n) is 31.8. The van der Waals surface area contributed by atoms with Crippen LogP contribution in [0.5, 0.6) is 46.0 Å². The smallest absolute Gasteiger partial charge is 0.330 e. The molecule has 7 amide bonds. The molecule has 34 nitrogen and oxygen atoms in total. The van der Waals surface area contributed by atoms with Crippen molar-refractivity contribution in [3.63, 3.8) is 0 Å². The number of likely N-dealkylation sites (N-methyl/N-ethyl adjacent to an activating group) is 1. The van der Waals surface area contributed by atoms with E-state index in [0.717, 1.165) is 77.8 Å². The Kier molecular flexibility index (Phi) is 21.0. The van der Waals surface area contributed by atoms with Crippen LogP contribution in [-0.4, -0.2) is 201 Å². The number of imide groups is 1. The van der Waals surface area contributed by atoms with E-state index in [1.54, 1.807) is 13.8 Å². The number of nitrogens with two attached hydrogens (primary N) is 1. The number of hydrogen-bond acceptors (Lipinski definition) is 26. The van der Waals surface area contributed by atoms with Crippen molar-refractivity contribution in [2.75, 3.05) is 13.7 Å². The second kappa shape index (κ2) is 29.1. The van der Waals surface area contributed by atoms with Gasteiger partial charge in [-0.2, -0.15) is 0 Å². The molecule has 0 radical (unpaired) electrons. The zero-order valence-electron chi connectivity index (χ0n) is 54.5. The largest absolute Gasteiger partial charge is 0.508 e. The molecular formula is C66H71Cl2N9O25. The van der Waals surface area contributed by atoms with Gasteiger partial charge in [-0.25, -0.2) is 4.79 Å². The third-order valence-corrected chi connectivity index (χ3v) is 19.0. The number of aromatic hydroxyl groups is 3. The number of carbonyl (C=O) groups excluding carboxylic acids is 7. The van der Waals surface area contributed by atoms with E-state index >= 15 is 19.2 Å². The zero-order valence-corrected chi connectivity index (χ0v) is 56.0. The summed E-state index contributed by atoms with van der Waals surface area (Å²) in [5, 5.41) is 129. The summed E-state index contributed by atoms with van der Waals surface area (Å²) in [5.74, 6) is -16.7. The number of carboxylic acid groups (broad SMARTS) is 1. The van der Waals surface area contributed by atoms with Crippen LogP contribution in [0.25, 0.3) is 11.1 Å². The van der Waals surface area contributed by atoms with Gasteiger partial charge in [-0.1, -0.05) is 55.2 Å². The number of carbonyl (C=O) groups is 8. The van der Waals surface area contributed by atoms with Gasteiger partial charge in [0.2, 0.25) is 47.5 Å². The Labute approximate surface area is 588 Å². The number of nitrogens with zero attached hydrogens (tertiary/aromatic N) is 3. The van der Waals surface area contributed by atoms with Crippen LogP contribution < -0.4 is 46.5 Å². The molecule has 0 saturated carbocycles. The molecule has 1 unspecified atom stereocenters. The van der Waals surface area contributed by atoms with Crippen molar-refractivity contribution in [3.8, 4) is 57.1 Å². The van der Waals surface area contributed by atoms with E-state index in [9.17, 15) is 75.2 Å². The summed E-state index contributed by atoms with van der Waals surface area (Å²) in [6.45, 7) is 5.44. The number of carboxylic acids is 1. The van der Waals surface area contributed by atoms with Gasteiger partial charge in [0.25, 0.3) is 5.91 Å². The van der Waals surface area contributed by atoms with Gasteiger partial charge >= 0.3 is 5.97 Å². The molecule has 544 valence electrons. The number of nitroso groups, excluding NO2 is 1. The molecule has 0 aliphatic carbocycles. The summed E-state index contributed by atoms with van der Waals surface area (Å²) >= 11 is 14.1. The highest BCUT2D eigenvalue weighted by molar-refractivity contribution is 6.32. The molecule has 8 heterocycles. The van der Waals surface area contributed by atoms with E-state index < -0.39 is 248 Å². The van der Waals surface area contributed by atoms with E-state index in [4.69, 9.17) is 57.4 Å². The van der Waals surface area contributed by atoms with Gasteiger partial charge in [-0.15, -0.1) is 4.91 Å². The van der Waals surface area contributed by atoms with Crippen LogP contribution in [0, 0.1) is 10.8 Å². The van der Waals surface area contributed by atoms with Crippen molar-refractivity contribution in [2.24, 2.45) is 16.9 Å². The second-order valence-electron chi connectivity index (χ2n) is 26.1. The monoisotopic (exact) mass is 1460 g/mol. The molecular weight excluding hydrogens is 1390 g/mol. The number of aliphatic carboxylic acids is 1. The Bertz CT molecular complexity index is 4210. The number of halogens is 2. The van der Waals surface area contributed by atoms with Crippen molar-refractivity contribution in [1.82, 2.24) is 36.5 Å². The lowest BCUT2D eigenvalue weighted by atomic mass is 9.86. The number of hydrogen-bond donors (Lipinski definition) is 16. The number of nitrogens with one attached hydrogen (secondary N) is 5. The fourth-order valence-electron chi connectivity index (χ4n) is 13.1. The maximum absolute atomic E-state index is 16.2. The number of amides is 7. The zero-order chi connectivity index (χ0) is 74.0. The lowest BCUT2D eigenvalue weighted by Crippen LogP contribution is -2.64. The standard InChI is InChI=1S/C66H71Cl2N9O25/c1-23(2)12-35(76(5)75-96)58(88)73-48-51(83)26-7-10-38(32(67)14-26)98-40-16-28-17-41(55(40)102-65-56(54(86)53(85)42(22-78)100-65)101-44-21-66(4,69)57(87)24(3)97-44)99-39-11-8-27(15-33(39)68)52(84)49-61(91)72-47(64(94)95)31-18-29(79)19-37(81)45(31)30-13-25(6-9-36(30)80)46(59(89)74-49)71-62(92)50(28)77-43(82)20-34(63(77)93)70-60(48)90/h6-11,13-19,23-24,34-35,42,44,46-54,56-57,65,78-81,83-87H,12,20-22,69H2,1-5H3,(H,70,90)(H,71,92)(H,72,91)(H,73,88)(H,74,89)(H,94,95)/t24-,34-,35+,42-,44-,46+,47+,48?,49-,50+,51+,52+,53+,54+,56-,57+,65+,66-/m0/s1. The molecule has 3 fully saturated rings. The fourth-order valence-corrected chi connectivity index (χ4v) is 13.5. The molecule has 36 heteroatoms. The van der Waals surface area contributed by atoms with Gasteiger partial charge in [0.05, 0.1) is 40.6 Å². The van der Waals surface area contributed by atoms with Crippen LogP contribution in [0.15, 0.2) is 84.1 Å². The van der Waals surface area contributed by atoms with Gasteiger partial charge < -0.3 is 112 Å². The molecule has 0 aromatic heterocycles. The first kappa shape index (κ1) is 73.7. The number of aliphatic hydroxyl groups is 6. The number of benzene rings is 5. The van der Waals surface area contributed by atoms with Gasteiger partial charge in [-0.3, -0.25) is 43.5 Å². The summed E-state index contributed by atoms with van der Waals surface area (Å²) < 4.78 is 38.3. The molecule has 8 aliphatic rings. The molecule has 13 bridgehead atoms. The molecule has 5 aromatic carbocycles. The van der Waals surface area contributed by atoms with Crippen molar-refractivity contribution in [3.05, 3.63) is 122 Å². The Morgan fingerprint density at radius 2 is 1.41 bits per heavy atom.